The van der Waals surface area contributed by atoms with Gasteiger partial charge >= 0.3 is 0 Å². The van der Waals surface area contributed by atoms with Gasteiger partial charge in [-0.2, -0.15) is 4.31 Å². The average molecular weight is 347 g/mol. The van der Waals surface area contributed by atoms with Gasteiger partial charge in [0.2, 0.25) is 10.0 Å². The van der Waals surface area contributed by atoms with Gasteiger partial charge in [-0.15, -0.1) is 0 Å². The van der Waals surface area contributed by atoms with E-state index in [1.165, 1.54) is 4.31 Å². The predicted molar refractivity (Wildman–Crippen MR) is 92.0 cm³/mol. The van der Waals surface area contributed by atoms with Gasteiger partial charge in [-0.3, -0.25) is 0 Å². The largest absolute Gasteiger partial charge is 0.493 e. The summed E-state index contributed by atoms with van der Waals surface area (Å²) in [6.07, 6.45) is 0.654. The number of hydrogen-bond acceptors (Lipinski definition) is 4. The highest BCUT2D eigenvalue weighted by Crippen LogP contribution is 2.34. The summed E-state index contributed by atoms with van der Waals surface area (Å²) in [6, 6.07) is 10.8. The number of methoxy groups -OCH3 is 2. The van der Waals surface area contributed by atoms with Crippen molar-refractivity contribution < 1.29 is 17.9 Å². The molecule has 0 aromatic heterocycles. The zero-order valence-corrected chi connectivity index (χ0v) is 14.9. The Morgan fingerprint density at radius 1 is 1.00 bits per heavy atom. The Balaban J connectivity index is 1.94. The number of ether oxygens (including phenoxy) is 2. The van der Waals surface area contributed by atoms with E-state index in [1.54, 1.807) is 32.4 Å². The van der Waals surface area contributed by atoms with Crippen LogP contribution in [0.25, 0.3) is 0 Å². The van der Waals surface area contributed by atoms with Crippen LogP contribution in [-0.4, -0.2) is 33.5 Å². The predicted octanol–water partition coefficient (Wildman–Crippen LogP) is 2.76. The fourth-order valence-electron chi connectivity index (χ4n) is 2.99. The van der Waals surface area contributed by atoms with E-state index >= 15 is 0 Å². The van der Waals surface area contributed by atoms with Crippen LogP contribution in [0.3, 0.4) is 0 Å². The van der Waals surface area contributed by atoms with Gasteiger partial charge in [0, 0.05) is 13.1 Å². The maximum atomic E-state index is 12.9. The van der Waals surface area contributed by atoms with Crippen LogP contribution in [0.4, 0.5) is 0 Å². The molecule has 0 amide bonds. The van der Waals surface area contributed by atoms with Crippen LogP contribution in [0, 0.1) is 6.92 Å². The van der Waals surface area contributed by atoms with Crippen molar-refractivity contribution in [2.45, 2.75) is 24.8 Å². The summed E-state index contributed by atoms with van der Waals surface area (Å²) in [6.45, 7) is 2.69. The van der Waals surface area contributed by atoms with Crippen LogP contribution in [0.5, 0.6) is 11.5 Å². The fourth-order valence-corrected chi connectivity index (χ4v) is 4.51. The first-order valence-electron chi connectivity index (χ1n) is 7.76. The lowest BCUT2D eigenvalue weighted by Crippen LogP contribution is -2.36. The molecule has 6 heteroatoms. The van der Waals surface area contributed by atoms with E-state index < -0.39 is 10.0 Å². The van der Waals surface area contributed by atoms with Crippen LogP contribution < -0.4 is 9.47 Å². The smallest absolute Gasteiger partial charge is 0.243 e. The third kappa shape index (κ3) is 2.99. The number of fused-ring (bicyclic) bond motifs is 1. The number of aryl methyl sites for hydroxylation is 1. The highest BCUT2D eigenvalue weighted by atomic mass is 32.2. The van der Waals surface area contributed by atoms with E-state index in [-0.39, 0.29) is 0 Å². The highest BCUT2D eigenvalue weighted by Gasteiger charge is 2.29. The summed E-state index contributed by atoms with van der Waals surface area (Å²) in [5.74, 6) is 1.29. The molecule has 1 aliphatic rings. The number of hydrogen-bond donors (Lipinski definition) is 0. The third-order valence-corrected chi connectivity index (χ3v) is 6.15. The van der Waals surface area contributed by atoms with Crippen LogP contribution in [-0.2, 0) is 23.0 Å². The molecule has 0 unspecified atom stereocenters. The first-order chi connectivity index (χ1) is 11.5. The molecule has 3 rings (SSSR count). The van der Waals surface area contributed by atoms with Gasteiger partial charge in [-0.05, 0) is 54.3 Å². The summed E-state index contributed by atoms with van der Waals surface area (Å²) in [5.41, 5.74) is 2.98. The standard InChI is InChI=1S/C18H21NO4S/c1-13-5-4-6-16(9-13)24(20,21)19-8-7-14-10-17(22-2)18(23-3)11-15(14)12-19/h4-6,9-11H,7-8,12H2,1-3H3. The van der Waals surface area contributed by atoms with E-state index in [9.17, 15) is 8.42 Å². The fraction of sp³-hybridized carbons (Fsp3) is 0.333. The summed E-state index contributed by atoms with van der Waals surface area (Å²) < 4.78 is 38.0. The quantitative estimate of drug-likeness (QED) is 0.853. The normalized spacial score (nSPS) is 15.0. The zero-order valence-electron chi connectivity index (χ0n) is 14.1. The summed E-state index contributed by atoms with van der Waals surface area (Å²) in [4.78, 5) is 0.339. The maximum absolute atomic E-state index is 12.9. The third-order valence-electron chi connectivity index (χ3n) is 4.31. The molecule has 128 valence electrons. The van der Waals surface area contributed by atoms with Gasteiger partial charge in [0.1, 0.15) is 0 Å². The van der Waals surface area contributed by atoms with Crippen molar-refractivity contribution in [3.63, 3.8) is 0 Å². The molecule has 2 aromatic carbocycles. The van der Waals surface area contributed by atoms with Crippen molar-refractivity contribution in [2.75, 3.05) is 20.8 Å². The van der Waals surface area contributed by atoms with Gasteiger partial charge in [0.15, 0.2) is 11.5 Å². The second-order valence-corrected chi connectivity index (χ2v) is 7.82. The number of benzene rings is 2. The lowest BCUT2D eigenvalue weighted by molar-refractivity contribution is 0.348. The minimum atomic E-state index is -3.50. The first kappa shape index (κ1) is 16.8. The minimum Gasteiger partial charge on any atom is -0.493 e. The number of rotatable bonds is 4. The van der Waals surface area contributed by atoms with Crippen molar-refractivity contribution in [3.05, 3.63) is 53.1 Å². The molecule has 0 radical (unpaired) electrons. The summed E-state index contributed by atoms with van der Waals surface area (Å²) in [7, 11) is -0.325. The molecule has 24 heavy (non-hydrogen) atoms. The van der Waals surface area contributed by atoms with Crippen molar-refractivity contribution in [1.82, 2.24) is 4.31 Å². The SMILES string of the molecule is COc1cc2c(cc1OC)CN(S(=O)(=O)c1cccc(C)c1)CC2. The van der Waals surface area contributed by atoms with Gasteiger partial charge in [-0.1, -0.05) is 12.1 Å². The molecule has 0 bridgehead atoms. The van der Waals surface area contributed by atoms with Crippen molar-refractivity contribution in [1.29, 1.82) is 0 Å². The van der Waals surface area contributed by atoms with Crippen LogP contribution in [0.2, 0.25) is 0 Å². The summed E-state index contributed by atoms with van der Waals surface area (Å²) >= 11 is 0. The van der Waals surface area contributed by atoms with E-state index in [0.717, 1.165) is 16.7 Å². The van der Waals surface area contributed by atoms with E-state index in [2.05, 4.69) is 0 Å². The minimum absolute atomic E-state index is 0.339. The second-order valence-electron chi connectivity index (χ2n) is 5.88. The van der Waals surface area contributed by atoms with Crippen LogP contribution in [0.15, 0.2) is 41.3 Å². The topological polar surface area (TPSA) is 55.8 Å². The molecule has 0 saturated heterocycles. The molecule has 1 aliphatic heterocycles. The molecule has 0 atom stereocenters. The maximum Gasteiger partial charge on any atom is 0.243 e. The van der Waals surface area contributed by atoms with Crippen LogP contribution in [0.1, 0.15) is 16.7 Å². The molecule has 5 nitrogen and oxygen atoms in total. The molecule has 1 heterocycles. The number of nitrogens with zero attached hydrogens (tertiary/aromatic N) is 1. The lowest BCUT2D eigenvalue weighted by atomic mass is 10.0. The van der Waals surface area contributed by atoms with E-state index in [4.69, 9.17) is 9.47 Å². The first-order valence-corrected chi connectivity index (χ1v) is 9.20. The molecular formula is C18H21NO4S. The highest BCUT2D eigenvalue weighted by molar-refractivity contribution is 7.89. The van der Waals surface area contributed by atoms with Gasteiger partial charge < -0.3 is 9.47 Å². The number of sulfonamides is 1. The molecule has 0 saturated carbocycles. The van der Waals surface area contributed by atoms with Gasteiger partial charge in [0.25, 0.3) is 0 Å². The van der Waals surface area contributed by atoms with Crippen LogP contribution >= 0.6 is 0 Å². The molecular weight excluding hydrogens is 326 g/mol. The average Bonchev–Trinajstić information content (AvgIpc) is 2.59. The van der Waals surface area contributed by atoms with Crippen molar-refractivity contribution in [3.8, 4) is 11.5 Å². The Hall–Kier alpha value is -2.05. The Bertz CT molecular complexity index is 861. The zero-order chi connectivity index (χ0) is 17.3. The molecule has 0 spiro atoms. The van der Waals surface area contributed by atoms with Gasteiger partial charge in [0.05, 0.1) is 19.1 Å². The van der Waals surface area contributed by atoms with Crippen molar-refractivity contribution in [2.24, 2.45) is 0 Å². The second kappa shape index (κ2) is 6.45. The molecule has 0 fully saturated rings. The van der Waals surface area contributed by atoms with Gasteiger partial charge in [-0.25, -0.2) is 8.42 Å². The Morgan fingerprint density at radius 3 is 2.29 bits per heavy atom. The Kier molecular flexibility index (Phi) is 4.51. The summed E-state index contributed by atoms with van der Waals surface area (Å²) in [5, 5.41) is 0. The molecule has 0 N–H and O–H groups in total. The Morgan fingerprint density at radius 2 is 1.67 bits per heavy atom. The molecule has 0 aliphatic carbocycles. The molecule has 2 aromatic rings. The van der Waals surface area contributed by atoms with E-state index in [0.29, 0.717) is 35.9 Å². The lowest BCUT2D eigenvalue weighted by Gasteiger charge is -2.29. The van der Waals surface area contributed by atoms with Crippen molar-refractivity contribution >= 4 is 10.0 Å². The monoisotopic (exact) mass is 347 g/mol. The van der Waals surface area contributed by atoms with E-state index in [1.807, 2.05) is 25.1 Å². The Labute approximate surface area is 142 Å².